The first kappa shape index (κ1) is 16.0. The monoisotopic (exact) mass is 283 g/mol. The number of halogens is 1. The number of hydrogen-bond acceptors (Lipinski definition) is 2. The summed E-state index contributed by atoms with van der Waals surface area (Å²) in [6, 6.07) is 7.01. The molecule has 0 aliphatic heterocycles. The van der Waals surface area contributed by atoms with E-state index in [1.165, 1.54) is 0 Å². The molecule has 0 aliphatic carbocycles. The number of aliphatic hydroxyl groups is 1. The first-order chi connectivity index (χ1) is 8.88. The van der Waals surface area contributed by atoms with Gasteiger partial charge in [0.25, 0.3) is 0 Å². The molecule has 0 spiro atoms. The van der Waals surface area contributed by atoms with E-state index in [4.69, 9.17) is 11.6 Å². The third kappa shape index (κ3) is 6.08. The topological polar surface area (TPSA) is 49.3 Å². The summed E-state index contributed by atoms with van der Waals surface area (Å²) in [6.45, 7) is 6.21. The van der Waals surface area contributed by atoms with Crippen LogP contribution in [0, 0.1) is 5.92 Å². The van der Waals surface area contributed by atoms with Crippen molar-refractivity contribution in [2.75, 3.05) is 0 Å². The van der Waals surface area contributed by atoms with Crippen LogP contribution in [0.2, 0.25) is 5.02 Å². The van der Waals surface area contributed by atoms with Crippen LogP contribution < -0.4 is 5.32 Å². The maximum Gasteiger partial charge on any atom is 0.223 e. The van der Waals surface area contributed by atoms with Gasteiger partial charge in [-0.1, -0.05) is 37.6 Å². The van der Waals surface area contributed by atoms with E-state index in [0.717, 1.165) is 6.42 Å². The molecule has 2 N–H and O–H groups in total. The number of rotatable bonds is 6. The number of amides is 1. The van der Waals surface area contributed by atoms with Gasteiger partial charge in [-0.15, -0.1) is 0 Å². The van der Waals surface area contributed by atoms with Crippen LogP contribution in [0.4, 0.5) is 0 Å². The molecule has 2 unspecified atom stereocenters. The molecular weight excluding hydrogens is 262 g/mol. The fourth-order valence-electron chi connectivity index (χ4n) is 2.08. The van der Waals surface area contributed by atoms with Crippen molar-refractivity contribution in [2.45, 2.75) is 45.8 Å². The number of carbonyl (C=O) groups excluding carboxylic acids is 1. The lowest BCUT2D eigenvalue weighted by Crippen LogP contribution is -2.34. The lowest BCUT2D eigenvalue weighted by molar-refractivity contribution is -0.123. The van der Waals surface area contributed by atoms with Crippen molar-refractivity contribution < 1.29 is 9.90 Å². The van der Waals surface area contributed by atoms with E-state index in [2.05, 4.69) is 19.2 Å². The molecule has 0 aromatic heterocycles. The second kappa shape index (κ2) is 7.51. The van der Waals surface area contributed by atoms with Crippen LogP contribution in [-0.4, -0.2) is 17.1 Å². The van der Waals surface area contributed by atoms with Crippen LogP contribution in [0.5, 0.6) is 0 Å². The number of hydrogen-bond donors (Lipinski definition) is 2. The Balaban J connectivity index is 2.45. The second-order valence-corrected chi connectivity index (χ2v) is 5.81. The zero-order valence-corrected chi connectivity index (χ0v) is 12.4. The first-order valence-corrected chi connectivity index (χ1v) is 6.99. The van der Waals surface area contributed by atoms with Gasteiger partial charge in [-0.3, -0.25) is 4.79 Å². The molecule has 0 aliphatic rings. The van der Waals surface area contributed by atoms with Gasteiger partial charge in [-0.25, -0.2) is 0 Å². The molecule has 106 valence electrons. The van der Waals surface area contributed by atoms with Crippen LogP contribution in [0.1, 0.15) is 45.3 Å². The summed E-state index contributed by atoms with van der Waals surface area (Å²) < 4.78 is 0. The summed E-state index contributed by atoms with van der Waals surface area (Å²) >= 11 is 5.78. The molecule has 0 fully saturated rings. The van der Waals surface area contributed by atoms with Gasteiger partial charge in [0.15, 0.2) is 0 Å². The van der Waals surface area contributed by atoms with Crippen molar-refractivity contribution in [1.29, 1.82) is 0 Å². The Bertz CT molecular complexity index is 403. The van der Waals surface area contributed by atoms with Crippen LogP contribution in [0.15, 0.2) is 24.3 Å². The van der Waals surface area contributed by atoms with E-state index in [1.54, 1.807) is 24.3 Å². The normalized spacial score (nSPS) is 14.2. The maximum absolute atomic E-state index is 11.8. The van der Waals surface area contributed by atoms with Crippen LogP contribution >= 0.6 is 11.6 Å². The smallest absolute Gasteiger partial charge is 0.223 e. The largest absolute Gasteiger partial charge is 0.388 e. The van der Waals surface area contributed by atoms with Gasteiger partial charge < -0.3 is 10.4 Å². The molecule has 2 atom stereocenters. The number of benzene rings is 1. The maximum atomic E-state index is 11.8. The van der Waals surface area contributed by atoms with Gasteiger partial charge in [0.05, 0.1) is 12.5 Å². The van der Waals surface area contributed by atoms with Crippen molar-refractivity contribution >= 4 is 17.5 Å². The molecule has 19 heavy (non-hydrogen) atoms. The molecule has 1 aromatic rings. The lowest BCUT2D eigenvalue weighted by atomic mass is 10.0. The van der Waals surface area contributed by atoms with Crippen LogP contribution in [0.3, 0.4) is 0 Å². The van der Waals surface area contributed by atoms with Crippen molar-refractivity contribution in [3.63, 3.8) is 0 Å². The minimum Gasteiger partial charge on any atom is -0.388 e. The average Bonchev–Trinajstić information content (AvgIpc) is 2.27. The predicted molar refractivity (Wildman–Crippen MR) is 78.1 cm³/mol. The SMILES string of the molecule is CC(C)CC(C)NC(=O)CC(O)c1ccc(Cl)cc1. The molecule has 0 saturated heterocycles. The van der Waals surface area contributed by atoms with Gasteiger partial charge in [0, 0.05) is 11.1 Å². The van der Waals surface area contributed by atoms with E-state index in [-0.39, 0.29) is 18.4 Å². The standard InChI is InChI=1S/C15H22ClNO2/c1-10(2)8-11(3)17-15(19)9-14(18)12-4-6-13(16)7-5-12/h4-7,10-11,14,18H,8-9H2,1-3H3,(H,17,19). The molecule has 0 heterocycles. The Morgan fingerprint density at radius 2 is 1.84 bits per heavy atom. The summed E-state index contributed by atoms with van der Waals surface area (Å²) in [5.74, 6) is 0.409. The highest BCUT2D eigenvalue weighted by Gasteiger charge is 2.15. The summed E-state index contributed by atoms with van der Waals surface area (Å²) in [5.41, 5.74) is 0.705. The minimum absolute atomic E-state index is 0.0735. The van der Waals surface area contributed by atoms with Crippen molar-refractivity contribution in [3.05, 3.63) is 34.9 Å². The molecule has 4 heteroatoms. The Kier molecular flexibility index (Phi) is 6.32. The molecule has 0 saturated carbocycles. The number of carbonyl (C=O) groups is 1. The predicted octanol–water partition coefficient (Wildman–Crippen LogP) is 3.31. The highest BCUT2D eigenvalue weighted by molar-refractivity contribution is 6.30. The van der Waals surface area contributed by atoms with E-state index in [9.17, 15) is 9.90 Å². The summed E-state index contributed by atoms with van der Waals surface area (Å²) in [6.07, 6.45) is 0.218. The lowest BCUT2D eigenvalue weighted by Gasteiger charge is -2.17. The molecule has 0 radical (unpaired) electrons. The Morgan fingerprint density at radius 3 is 2.37 bits per heavy atom. The quantitative estimate of drug-likeness (QED) is 0.841. The third-order valence-electron chi connectivity index (χ3n) is 2.87. The Labute approximate surface area is 120 Å². The highest BCUT2D eigenvalue weighted by atomic mass is 35.5. The molecule has 1 aromatic carbocycles. The average molecular weight is 284 g/mol. The van der Waals surface area contributed by atoms with Crippen LogP contribution in [-0.2, 0) is 4.79 Å². The minimum atomic E-state index is -0.788. The molecule has 1 rings (SSSR count). The summed E-state index contributed by atoms with van der Waals surface area (Å²) in [4.78, 5) is 11.8. The van der Waals surface area contributed by atoms with E-state index in [1.807, 2.05) is 6.92 Å². The zero-order valence-electron chi connectivity index (χ0n) is 11.7. The van der Waals surface area contributed by atoms with Gasteiger partial charge in [0.1, 0.15) is 0 Å². The van der Waals surface area contributed by atoms with Gasteiger partial charge in [-0.05, 0) is 37.0 Å². The van der Waals surface area contributed by atoms with E-state index in [0.29, 0.717) is 16.5 Å². The van der Waals surface area contributed by atoms with E-state index >= 15 is 0 Å². The fourth-order valence-corrected chi connectivity index (χ4v) is 2.20. The molecule has 3 nitrogen and oxygen atoms in total. The summed E-state index contributed by atoms with van der Waals surface area (Å²) in [5, 5.41) is 13.5. The Morgan fingerprint density at radius 1 is 1.26 bits per heavy atom. The second-order valence-electron chi connectivity index (χ2n) is 5.37. The number of aliphatic hydroxyl groups excluding tert-OH is 1. The van der Waals surface area contributed by atoms with Gasteiger partial charge in [0.2, 0.25) is 5.91 Å². The Hall–Kier alpha value is -1.06. The first-order valence-electron chi connectivity index (χ1n) is 6.61. The zero-order chi connectivity index (χ0) is 14.4. The molecule has 0 bridgehead atoms. The van der Waals surface area contributed by atoms with Crippen molar-refractivity contribution in [1.82, 2.24) is 5.32 Å². The number of nitrogens with one attached hydrogen (secondary N) is 1. The molecular formula is C15H22ClNO2. The van der Waals surface area contributed by atoms with Gasteiger partial charge in [-0.2, -0.15) is 0 Å². The third-order valence-corrected chi connectivity index (χ3v) is 3.12. The van der Waals surface area contributed by atoms with Crippen molar-refractivity contribution in [2.24, 2.45) is 5.92 Å². The van der Waals surface area contributed by atoms with Crippen LogP contribution in [0.25, 0.3) is 0 Å². The highest BCUT2D eigenvalue weighted by Crippen LogP contribution is 2.19. The molecule has 1 amide bonds. The fraction of sp³-hybridized carbons (Fsp3) is 0.533. The summed E-state index contributed by atoms with van der Waals surface area (Å²) in [7, 11) is 0. The van der Waals surface area contributed by atoms with Gasteiger partial charge >= 0.3 is 0 Å². The van der Waals surface area contributed by atoms with E-state index < -0.39 is 6.10 Å². The van der Waals surface area contributed by atoms with Crippen molar-refractivity contribution in [3.8, 4) is 0 Å².